The average molecular weight is 219 g/mol. The number of hydrogen-bond donors (Lipinski definition) is 0. The van der Waals surface area contributed by atoms with E-state index in [9.17, 15) is 4.79 Å². The van der Waals surface area contributed by atoms with E-state index in [2.05, 4.69) is 5.10 Å². The van der Waals surface area contributed by atoms with E-state index in [1.807, 2.05) is 6.92 Å². The molecule has 0 aromatic carbocycles. The van der Waals surface area contributed by atoms with Gasteiger partial charge in [-0.05, 0) is 5.75 Å². The summed E-state index contributed by atoms with van der Waals surface area (Å²) in [6, 6.07) is 0. The standard InChI is InChI=1S/C8H11ClN2OS/c1-3-13-5-7(12)8-6(9)4-10-11(8)2/h4H,3,5H2,1-2H3. The van der Waals surface area contributed by atoms with Gasteiger partial charge in [-0.15, -0.1) is 0 Å². The van der Waals surface area contributed by atoms with Gasteiger partial charge in [-0.25, -0.2) is 0 Å². The number of ketones is 1. The van der Waals surface area contributed by atoms with Crippen molar-refractivity contribution in [3.05, 3.63) is 16.9 Å². The molecule has 0 aliphatic rings. The van der Waals surface area contributed by atoms with Crippen molar-refractivity contribution in [1.29, 1.82) is 0 Å². The Balaban J connectivity index is 2.76. The molecule has 1 aromatic rings. The maximum atomic E-state index is 11.5. The zero-order valence-electron chi connectivity index (χ0n) is 7.58. The molecule has 1 heterocycles. The van der Waals surface area contributed by atoms with Crippen molar-refractivity contribution in [2.24, 2.45) is 7.05 Å². The van der Waals surface area contributed by atoms with E-state index in [4.69, 9.17) is 11.6 Å². The molecule has 72 valence electrons. The second kappa shape index (κ2) is 4.67. The third-order valence-electron chi connectivity index (χ3n) is 1.60. The monoisotopic (exact) mass is 218 g/mol. The zero-order valence-corrected chi connectivity index (χ0v) is 9.15. The van der Waals surface area contributed by atoms with Crippen molar-refractivity contribution in [3.8, 4) is 0 Å². The Labute approximate surface area is 86.5 Å². The highest BCUT2D eigenvalue weighted by Gasteiger charge is 2.14. The van der Waals surface area contributed by atoms with Crippen LogP contribution in [0.2, 0.25) is 5.02 Å². The van der Waals surface area contributed by atoms with Gasteiger partial charge in [-0.3, -0.25) is 9.48 Å². The molecule has 0 N–H and O–H groups in total. The number of thioether (sulfide) groups is 1. The van der Waals surface area contributed by atoms with Crippen molar-refractivity contribution < 1.29 is 4.79 Å². The van der Waals surface area contributed by atoms with Gasteiger partial charge in [-0.1, -0.05) is 18.5 Å². The lowest BCUT2D eigenvalue weighted by Crippen LogP contribution is -2.09. The lowest BCUT2D eigenvalue weighted by Gasteiger charge is -2.00. The molecular weight excluding hydrogens is 208 g/mol. The molecule has 0 aliphatic heterocycles. The van der Waals surface area contributed by atoms with E-state index < -0.39 is 0 Å². The molecule has 0 saturated heterocycles. The number of Topliss-reactive ketones (excluding diaryl/α,β-unsaturated/α-hetero) is 1. The van der Waals surface area contributed by atoms with E-state index in [-0.39, 0.29) is 5.78 Å². The molecule has 0 spiro atoms. The lowest BCUT2D eigenvalue weighted by molar-refractivity contribution is 0.101. The highest BCUT2D eigenvalue weighted by molar-refractivity contribution is 7.99. The highest BCUT2D eigenvalue weighted by Crippen LogP contribution is 2.16. The quantitative estimate of drug-likeness (QED) is 0.726. The fourth-order valence-corrected chi connectivity index (χ4v) is 1.79. The minimum absolute atomic E-state index is 0.0388. The predicted octanol–water partition coefficient (Wildman–Crippen LogP) is 2.01. The topological polar surface area (TPSA) is 34.9 Å². The third-order valence-corrected chi connectivity index (χ3v) is 2.75. The fourth-order valence-electron chi connectivity index (χ4n) is 0.988. The van der Waals surface area contributed by atoms with Gasteiger partial charge in [0, 0.05) is 7.05 Å². The molecule has 0 fully saturated rings. The van der Waals surface area contributed by atoms with Gasteiger partial charge in [-0.2, -0.15) is 16.9 Å². The minimum atomic E-state index is 0.0388. The summed E-state index contributed by atoms with van der Waals surface area (Å²) in [7, 11) is 1.72. The number of carbonyl (C=O) groups excluding carboxylic acids is 1. The summed E-state index contributed by atoms with van der Waals surface area (Å²) in [6.45, 7) is 2.02. The van der Waals surface area contributed by atoms with E-state index in [1.165, 1.54) is 10.9 Å². The number of halogens is 1. The maximum absolute atomic E-state index is 11.5. The average Bonchev–Trinajstić information content (AvgIpc) is 2.42. The molecule has 0 aliphatic carbocycles. The Bertz CT molecular complexity index is 292. The predicted molar refractivity (Wildman–Crippen MR) is 55.5 cm³/mol. The summed E-state index contributed by atoms with van der Waals surface area (Å²) in [5.74, 6) is 1.44. The van der Waals surface area contributed by atoms with Crippen LogP contribution in [0.4, 0.5) is 0 Å². The summed E-state index contributed by atoms with van der Waals surface area (Å²) in [4.78, 5) is 11.5. The Kier molecular flexibility index (Phi) is 3.81. The lowest BCUT2D eigenvalue weighted by atomic mass is 10.3. The van der Waals surface area contributed by atoms with Crippen LogP contribution in [0.3, 0.4) is 0 Å². The Hall–Kier alpha value is -0.480. The SMILES string of the molecule is CCSCC(=O)c1c(Cl)cnn1C. The van der Waals surface area contributed by atoms with Crippen molar-refractivity contribution in [3.63, 3.8) is 0 Å². The minimum Gasteiger partial charge on any atom is -0.291 e. The van der Waals surface area contributed by atoms with E-state index in [1.54, 1.807) is 18.8 Å². The summed E-state index contributed by atoms with van der Waals surface area (Å²) < 4.78 is 1.51. The Morgan fingerprint density at radius 2 is 2.46 bits per heavy atom. The van der Waals surface area contributed by atoms with Crippen molar-refractivity contribution in [1.82, 2.24) is 9.78 Å². The van der Waals surface area contributed by atoms with Crippen molar-refractivity contribution in [2.75, 3.05) is 11.5 Å². The smallest absolute Gasteiger partial charge is 0.192 e. The number of aromatic nitrogens is 2. The van der Waals surface area contributed by atoms with Crippen LogP contribution in [0.15, 0.2) is 6.20 Å². The first-order valence-electron chi connectivity index (χ1n) is 3.95. The highest BCUT2D eigenvalue weighted by atomic mass is 35.5. The first-order valence-corrected chi connectivity index (χ1v) is 5.48. The molecular formula is C8H11ClN2OS. The van der Waals surface area contributed by atoms with Crippen molar-refractivity contribution >= 4 is 29.1 Å². The fraction of sp³-hybridized carbons (Fsp3) is 0.500. The van der Waals surface area contributed by atoms with Crippen molar-refractivity contribution in [2.45, 2.75) is 6.92 Å². The molecule has 0 bridgehead atoms. The summed E-state index contributed by atoms with van der Waals surface area (Å²) in [6.07, 6.45) is 1.49. The van der Waals surface area contributed by atoms with Crippen LogP contribution >= 0.6 is 23.4 Å². The van der Waals surface area contributed by atoms with E-state index in [0.717, 1.165) is 5.75 Å². The Morgan fingerprint density at radius 3 is 2.92 bits per heavy atom. The number of hydrogen-bond acceptors (Lipinski definition) is 3. The van der Waals surface area contributed by atoms with Gasteiger partial charge in [0.1, 0.15) is 5.69 Å². The molecule has 13 heavy (non-hydrogen) atoms. The van der Waals surface area contributed by atoms with Gasteiger partial charge >= 0.3 is 0 Å². The van der Waals surface area contributed by atoms with Crippen LogP contribution in [0.5, 0.6) is 0 Å². The number of aryl methyl sites for hydroxylation is 1. The van der Waals surface area contributed by atoms with E-state index >= 15 is 0 Å². The molecule has 0 unspecified atom stereocenters. The summed E-state index contributed by atoms with van der Waals surface area (Å²) in [5, 5.41) is 4.33. The van der Waals surface area contributed by atoms with Crippen LogP contribution in [-0.2, 0) is 7.05 Å². The molecule has 1 aromatic heterocycles. The number of nitrogens with zero attached hydrogens (tertiary/aromatic N) is 2. The zero-order chi connectivity index (χ0) is 9.84. The normalized spacial score (nSPS) is 10.4. The molecule has 0 atom stereocenters. The van der Waals surface area contributed by atoms with Gasteiger partial charge in [0.15, 0.2) is 5.78 Å². The van der Waals surface area contributed by atoms with Crippen LogP contribution in [0.25, 0.3) is 0 Å². The van der Waals surface area contributed by atoms with Gasteiger partial charge in [0.05, 0.1) is 17.0 Å². The number of carbonyl (C=O) groups is 1. The van der Waals surface area contributed by atoms with Gasteiger partial charge in [0.25, 0.3) is 0 Å². The van der Waals surface area contributed by atoms with Crippen LogP contribution in [0, 0.1) is 0 Å². The van der Waals surface area contributed by atoms with Crippen LogP contribution in [-0.4, -0.2) is 27.1 Å². The maximum Gasteiger partial charge on any atom is 0.192 e. The third kappa shape index (κ3) is 2.48. The van der Waals surface area contributed by atoms with Crippen LogP contribution < -0.4 is 0 Å². The second-order valence-electron chi connectivity index (χ2n) is 2.53. The van der Waals surface area contributed by atoms with Gasteiger partial charge < -0.3 is 0 Å². The molecule has 0 saturated carbocycles. The molecule has 1 rings (SSSR count). The molecule has 3 nitrogen and oxygen atoms in total. The molecule has 0 radical (unpaired) electrons. The van der Waals surface area contributed by atoms with E-state index in [0.29, 0.717) is 16.5 Å². The first kappa shape index (κ1) is 10.6. The largest absolute Gasteiger partial charge is 0.291 e. The van der Waals surface area contributed by atoms with Crippen LogP contribution in [0.1, 0.15) is 17.4 Å². The van der Waals surface area contributed by atoms with Gasteiger partial charge in [0.2, 0.25) is 0 Å². The first-order chi connectivity index (χ1) is 6.16. The summed E-state index contributed by atoms with van der Waals surface area (Å²) >= 11 is 7.39. The second-order valence-corrected chi connectivity index (χ2v) is 4.21. The number of rotatable bonds is 4. The Morgan fingerprint density at radius 1 is 1.77 bits per heavy atom. The molecule has 5 heteroatoms. The molecule has 0 amide bonds. The summed E-state index contributed by atoms with van der Waals surface area (Å²) in [5.41, 5.74) is 0.502.